The number of halogens is 3. The van der Waals surface area contributed by atoms with Crippen molar-refractivity contribution in [1.29, 1.82) is 0 Å². The van der Waals surface area contributed by atoms with E-state index in [0.29, 0.717) is 11.0 Å². The number of nitrogens with zero attached hydrogens (tertiary/aromatic N) is 1. The first-order chi connectivity index (χ1) is 10.0. The molecule has 112 valence electrons. The third-order valence-electron chi connectivity index (χ3n) is 3.43. The highest BCUT2D eigenvalue weighted by atomic mass is 79.9. The van der Waals surface area contributed by atoms with Crippen molar-refractivity contribution < 1.29 is 4.39 Å². The summed E-state index contributed by atoms with van der Waals surface area (Å²) in [7, 11) is 2.02. The van der Waals surface area contributed by atoms with E-state index in [-0.39, 0.29) is 11.9 Å². The molecule has 0 fully saturated rings. The van der Waals surface area contributed by atoms with Crippen LogP contribution in [0.15, 0.2) is 51.4 Å². The molecule has 0 aromatic heterocycles. The highest BCUT2D eigenvalue weighted by Gasteiger charge is 2.17. The quantitative estimate of drug-likeness (QED) is 0.779. The van der Waals surface area contributed by atoms with Gasteiger partial charge in [0.05, 0.1) is 4.47 Å². The van der Waals surface area contributed by atoms with Gasteiger partial charge in [0.1, 0.15) is 5.82 Å². The molecule has 2 aromatic rings. The van der Waals surface area contributed by atoms with E-state index in [4.69, 9.17) is 5.73 Å². The molecule has 1 unspecified atom stereocenters. The lowest BCUT2D eigenvalue weighted by Crippen LogP contribution is -2.30. The SMILES string of the molecule is CN(Cc1ccc(Br)cc1)C(CN)c1ccc(F)c(Br)c1. The van der Waals surface area contributed by atoms with E-state index in [9.17, 15) is 4.39 Å². The summed E-state index contributed by atoms with van der Waals surface area (Å²) in [4.78, 5) is 2.17. The Bertz CT molecular complexity index is 602. The smallest absolute Gasteiger partial charge is 0.137 e. The highest BCUT2D eigenvalue weighted by Crippen LogP contribution is 2.25. The van der Waals surface area contributed by atoms with Crippen LogP contribution in [0.1, 0.15) is 17.2 Å². The van der Waals surface area contributed by atoms with Crippen LogP contribution < -0.4 is 5.73 Å². The second-order valence-electron chi connectivity index (χ2n) is 4.97. The molecule has 0 spiro atoms. The van der Waals surface area contributed by atoms with Crippen LogP contribution >= 0.6 is 31.9 Å². The molecule has 0 heterocycles. The first-order valence-electron chi connectivity index (χ1n) is 6.61. The molecule has 0 aliphatic heterocycles. The van der Waals surface area contributed by atoms with E-state index in [0.717, 1.165) is 16.6 Å². The predicted octanol–water partition coefficient (Wildman–Crippen LogP) is 4.48. The molecule has 2 rings (SSSR count). The summed E-state index contributed by atoms with van der Waals surface area (Å²) in [5.74, 6) is -0.259. The van der Waals surface area contributed by atoms with Crippen LogP contribution in [0.3, 0.4) is 0 Å². The molecule has 2 aromatic carbocycles. The van der Waals surface area contributed by atoms with Gasteiger partial charge in [0.15, 0.2) is 0 Å². The average molecular weight is 416 g/mol. The van der Waals surface area contributed by atoms with Crippen LogP contribution in [0.4, 0.5) is 4.39 Å². The number of rotatable bonds is 5. The largest absolute Gasteiger partial charge is 0.329 e. The Morgan fingerprint density at radius 3 is 2.38 bits per heavy atom. The lowest BCUT2D eigenvalue weighted by atomic mass is 10.0. The van der Waals surface area contributed by atoms with Crippen molar-refractivity contribution in [3.63, 3.8) is 0 Å². The summed E-state index contributed by atoms with van der Waals surface area (Å²) < 4.78 is 14.9. The van der Waals surface area contributed by atoms with Crippen molar-refractivity contribution >= 4 is 31.9 Å². The minimum absolute atomic E-state index is 0.0468. The van der Waals surface area contributed by atoms with Gasteiger partial charge in [0, 0.05) is 23.6 Å². The second-order valence-corrected chi connectivity index (χ2v) is 6.74. The maximum Gasteiger partial charge on any atom is 0.137 e. The first kappa shape index (κ1) is 16.6. The Hall–Kier alpha value is -0.750. The Morgan fingerprint density at radius 1 is 1.14 bits per heavy atom. The molecule has 0 saturated carbocycles. The van der Waals surface area contributed by atoms with Crippen LogP contribution in [0.25, 0.3) is 0 Å². The summed E-state index contributed by atoms with van der Waals surface area (Å²) in [5.41, 5.74) is 8.13. The van der Waals surface area contributed by atoms with Crippen LogP contribution in [-0.2, 0) is 6.54 Å². The fourth-order valence-corrected chi connectivity index (χ4v) is 2.94. The van der Waals surface area contributed by atoms with Gasteiger partial charge in [-0.15, -0.1) is 0 Å². The molecular formula is C16H17Br2FN2. The van der Waals surface area contributed by atoms with Crippen molar-refractivity contribution in [3.8, 4) is 0 Å². The molecule has 21 heavy (non-hydrogen) atoms. The minimum atomic E-state index is -0.259. The Kier molecular flexibility index (Phi) is 5.93. The molecule has 2 N–H and O–H groups in total. The number of likely N-dealkylation sites (N-methyl/N-ethyl adjacent to an activating group) is 1. The van der Waals surface area contributed by atoms with E-state index in [1.807, 2.05) is 19.2 Å². The zero-order valence-corrected chi connectivity index (χ0v) is 14.9. The van der Waals surface area contributed by atoms with Gasteiger partial charge in [0.25, 0.3) is 0 Å². The third-order valence-corrected chi connectivity index (χ3v) is 4.57. The number of hydrogen-bond donors (Lipinski definition) is 1. The fourth-order valence-electron chi connectivity index (χ4n) is 2.28. The molecule has 2 nitrogen and oxygen atoms in total. The lowest BCUT2D eigenvalue weighted by molar-refractivity contribution is 0.241. The summed E-state index contributed by atoms with van der Waals surface area (Å²) in [6.45, 7) is 1.26. The standard InChI is InChI=1S/C16H17Br2FN2/c1-21(10-11-2-5-13(17)6-3-11)16(9-20)12-4-7-15(19)14(18)8-12/h2-8,16H,9-10,20H2,1H3. The van der Waals surface area contributed by atoms with Gasteiger partial charge in [0.2, 0.25) is 0 Å². The predicted molar refractivity (Wildman–Crippen MR) is 91.5 cm³/mol. The monoisotopic (exact) mass is 414 g/mol. The Morgan fingerprint density at radius 2 is 1.81 bits per heavy atom. The van der Waals surface area contributed by atoms with E-state index in [1.165, 1.54) is 11.6 Å². The van der Waals surface area contributed by atoms with Gasteiger partial charge in [-0.25, -0.2) is 4.39 Å². The lowest BCUT2D eigenvalue weighted by Gasteiger charge is -2.27. The van der Waals surface area contributed by atoms with E-state index in [2.05, 4.69) is 48.9 Å². The Balaban J connectivity index is 2.15. The second kappa shape index (κ2) is 7.49. The summed E-state index contributed by atoms with van der Waals surface area (Å²) in [6, 6.07) is 13.3. The molecule has 5 heteroatoms. The topological polar surface area (TPSA) is 29.3 Å². The van der Waals surface area contributed by atoms with Gasteiger partial charge in [-0.3, -0.25) is 4.90 Å². The van der Waals surface area contributed by atoms with E-state index < -0.39 is 0 Å². The fraction of sp³-hybridized carbons (Fsp3) is 0.250. The third kappa shape index (κ3) is 4.36. The number of nitrogens with two attached hydrogens (primary N) is 1. The summed E-state index contributed by atoms with van der Waals surface area (Å²) in [6.07, 6.45) is 0. The van der Waals surface area contributed by atoms with E-state index >= 15 is 0 Å². The molecule has 0 amide bonds. The average Bonchev–Trinajstić information content (AvgIpc) is 2.46. The van der Waals surface area contributed by atoms with Crippen molar-refractivity contribution in [2.75, 3.05) is 13.6 Å². The molecule has 1 atom stereocenters. The van der Waals surface area contributed by atoms with Crippen molar-refractivity contribution in [2.45, 2.75) is 12.6 Å². The molecule has 0 radical (unpaired) electrons. The highest BCUT2D eigenvalue weighted by molar-refractivity contribution is 9.10. The maximum absolute atomic E-state index is 13.4. The molecule has 0 saturated heterocycles. The number of hydrogen-bond acceptors (Lipinski definition) is 2. The van der Waals surface area contributed by atoms with Crippen molar-refractivity contribution in [3.05, 3.63) is 68.4 Å². The van der Waals surface area contributed by atoms with Gasteiger partial charge in [-0.2, -0.15) is 0 Å². The zero-order chi connectivity index (χ0) is 15.4. The van der Waals surface area contributed by atoms with E-state index in [1.54, 1.807) is 12.1 Å². The van der Waals surface area contributed by atoms with Gasteiger partial charge in [-0.05, 0) is 58.4 Å². The minimum Gasteiger partial charge on any atom is -0.329 e. The van der Waals surface area contributed by atoms with Gasteiger partial charge < -0.3 is 5.73 Å². The molecule has 0 bridgehead atoms. The van der Waals surface area contributed by atoms with Crippen LogP contribution in [-0.4, -0.2) is 18.5 Å². The molecule has 0 aliphatic rings. The number of benzene rings is 2. The van der Waals surface area contributed by atoms with Crippen LogP contribution in [0, 0.1) is 5.82 Å². The van der Waals surface area contributed by atoms with Gasteiger partial charge >= 0.3 is 0 Å². The van der Waals surface area contributed by atoms with Gasteiger partial charge in [-0.1, -0.05) is 34.1 Å². The van der Waals surface area contributed by atoms with Crippen LogP contribution in [0.2, 0.25) is 0 Å². The Labute approximate surface area is 141 Å². The molecule has 0 aliphatic carbocycles. The van der Waals surface area contributed by atoms with Crippen molar-refractivity contribution in [2.24, 2.45) is 5.73 Å². The summed E-state index contributed by atoms with van der Waals surface area (Å²) >= 11 is 6.66. The molecular weight excluding hydrogens is 399 g/mol. The normalized spacial score (nSPS) is 12.7. The first-order valence-corrected chi connectivity index (χ1v) is 8.19. The zero-order valence-electron chi connectivity index (χ0n) is 11.7. The van der Waals surface area contributed by atoms with Crippen LogP contribution in [0.5, 0.6) is 0 Å². The van der Waals surface area contributed by atoms with Crippen molar-refractivity contribution in [1.82, 2.24) is 4.90 Å². The maximum atomic E-state index is 13.4. The summed E-state index contributed by atoms with van der Waals surface area (Å²) in [5, 5.41) is 0.